The minimum Gasteiger partial charge on any atom is -0.393 e. The third-order valence-corrected chi connectivity index (χ3v) is 3.46. The number of aliphatic hydroxyl groups excluding tert-OH is 1. The second-order valence-corrected chi connectivity index (χ2v) is 6.07. The molecule has 1 aromatic carbocycles. The predicted octanol–water partition coefficient (Wildman–Crippen LogP) is 1.98. The van der Waals surface area contributed by atoms with Crippen molar-refractivity contribution in [3.63, 3.8) is 0 Å². The van der Waals surface area contributed by atoms with E-state index in [4.69, 9.17) is 11.6 Å². The molecule has 6 heteroatoms. The van der Waals surface area contributed by atoms with Crippen LogP contribution in [0.4, 0.5) is 0 Å². The van der Waals surface area contributed by atoms with Crippen LogP contribution in [0.15, 0.2) is 24.3 Å². The first-order valence-corrected chi connectivity index (χ1v) is 7.71. The molecular weight excluding hydrogens is 304 g/mol. The molecule has 0 saturated heterocycles. The standard InChI is InChI=1S/C16H23ClN2O3/c1-10(2)14(16(22)18-9-8-11(3)20)19-15(21)12-4-6-13(17)7-5-12/h4-7,10-11,14,20H,8-9H2,1-3H3,(H,18,22)(H,19,21). The zero-order valence-corrected chi connectivity index (χ0v) is 13.9. The van der Waals surface area contributed by atoms with Crippen molar-refractivity contribution >= 4 is 23.4 Å². The van der Waals surface area contributed by atoms with E-state index in [0.29, 0.717) is 23.6 Å². The highest BCUT2D eigenvalue weighted by molar-refractivity contribution is 6.30. The molecule has 1 rings (SSSR count). The predicted molar refractivity (Wildman–Crippen MR) is 86.9 cm³/mol. The second kappa shape index (κ2) is 8.76. The molecule has 0 fully saturated rings. The molecule has 2 amide bonds. The van der Waals surface area contributed by atoms with Crippen LogP contribution in [-0.4, -0.2) is 35.6 Å². The van der Waals surface area contributed by atoms with Crippen molar-refractivity contribution in [1.29, 1.82) is 0 Å². The first-order chi connectivity index (χ1) is 10.3. The molecule has 2 atom stereocenters. The molecule has 0 aliphatic carbocycles. The largest absolute Gasteiger partial charge is 0.393 e. The summed E-state index contributed by atoms with van der Waals surface area (Å²) < 4.78 is 0. The molecule has 22 heavy (non-hydrogen) atoms. The van der Waals surface area contributed by atoms with Crippen LogP contribution in [0.2, 0.25) is 5.02 Å². The topological polar surface area (TPSA) is 78.4 Å². The number of halogens is 1. The van der Waals surface area contributed by atoms with Crippen LogP contribution in [0.1, 0.15) is 37.6 Å². The molecule has 0 radical (unpaired) electrons. The highest BCUT2D eigenvalue weighted by Crippen LogP contribution is 2.10. The zero-order valence-electron chi connectivity index (χ0n) is 13.1. The lowest BCUT2D eigenvalue weighted by molar-refractivity contribution is -0.124. The maximum absolute atomic E-state index is 12.2. The third kappa shape index (κ3) is 6.03. The Morgan fingerprint density at radius 2 is 1.77 bits per heavy atom. The molecule has 5 nitrogen and oxygen atoms in total. The van der Waals surface area contributed by atoms with Crippen LogP contribution in [0.5, 0.6) is 0 Å². The number of amides is 2. The highest BCUT2D eigenvalue weighted by Gasteiger charge is 2.24. The lowest BCUT2D eigenvalue weighted by Crippen LogP contribution is -2.50. The van der Waals surface area contributed by atoms with Crippen LogP contribution in [0, 0.1) is 5.92 Å². The van der Waals surface area contributed by atoms with Gasteiger partial charge in [0.2, 0.25) is 5.91 Å². The molecule has 0 saturated carbocycles. The van der Waals surface area contributed by atoms with E-state index in [-0.39, 0.29) is 17.7 Å². The summed E-state index contributed by atoms with van der Waals surface area (Å²) in [7, 11) is 0. The van der Waals surface area contributed by atoms with Crippen molar-refractivity contribution in [2.45, 2.75) is 39.3 Å². The maximum atomic E-state index is 12.2. The van der Waals surface area contributed by atoms with Crippen molar-refractivity contribution in [2.75, 3.05) is 6.54 Å². The number of hydrogen-bond acceptors (Lipinski definition) is 3. The Bertz CT molecular complexity index is 501. The Balaban J connectivity index is 2.65. The van der Waals surface area contributed by atoms with Crippen LogP contribution >= 0.6 is 11.6 Å². The smallest absolute Gasteiger partial charge is 0.251 e. The van der Waals surface area contributed by atoms with E-state index >= 15 is 0 Å². The number of nitrogens with one attached hydrogen (secondary N) is 2. The second-order valence-electron chi connectivity index (χ2n) is 5.63. The lowest BCUT2D eigenvalue weighted by atomic mass is 10.0. The van der Waals surface area contributed by atoms with E-state index < -0.39 is 12.1 Å². The summed E-state index contributed by atoms with van der Waals surface area (Å²) in [5.74, 6) is -0.623. The number of carbonyl (C=O) groups is 2. The SMILES string of the molecule is CC(O)CCNC(=O)C(NC(=O)c1ccc(Cl)cc1)C(C)C. The third-order valence-electron chi connectivity index (χ3n) is 3.20. The Kier molecular flexibility index (Phi) is 7.35. The Hall–Kier alpha value is -1.59. The average Bonchev–Trinajstić information content (AvgIpc) is 2.44. The van der Waals surface area contributed by atoms with E-state index in [1.54, 1.807) is 31.2 Å². The zero-order chi connectivity index (χ0) is 16.7. The fourth-order valence-electron chi connectivity index (χ4n) is 1.88. The molecule has 0 aliphatic heterocycles. The number of carbonyl (C=O) groups excluding carboxylic acids is 2. The summed E-state index contributed by atoms with van der Waals surface area (Å²) in [5.41, 5.74) is 0.451. The summed E-state index contributed by atoms with van der Waals surface area (Å²) in [6.07, 6.45) is 0.00302. The fourth-order valence-corrected chi connectivity index (χ4v) is 2.00. The van der Waals surface area contributed by atoms with Gasteiger partial charge in [-0.2, -0.15) is 0 Å². The average molecular weight is 327 g/mol. The Labute approximate surface area is 136 Å². The van der Waals surface area contributed by atoms with Gasteiger partial charge in [0.15, 0.2) is 0 Å². The van der Waals surface area contributed by atoms with Gasteiger partial charge in [-0.25, -0.2) is 0 Å². The summed E-state index contributed by atoms with van der Waals surface area (Å²) in [6.45, 7) is 5.76. The van der Waals surface area contributed by atoms with Gasteiger partial charge >= 0.3 is 0 Å². The van der Waals surface area contributed by atoms with E-state index in [2.05, 4.69) is 10.6 Å². The Morgan fingerprint density at radius 1 is 1.18 bits per heavy atom. The van der Waals surface area contributed by atoms with Crippen LogP contribution in [0.3, 0.4) is 0 Å². The van der Waals surface area contributed by atoms with Crippen molar-refractivity contribution < 1.29 is 14.7 Å². The molecule has 0 heterocycles. The van der Waals surface area contributed by atoms with Gasteiger partial charge < -0.3 is 15.7 Å². The minimum atomic E-state index is -0.628. The number of rotatable bonds is 7. The Morgan fingerprint density at radius 3 is 2.27 bits per heavy atom. The van der Waals surface area contributed by atoms with Crippen molar-refractivity contribution in [3.8, 4) is 0 Å². The molecule has 3 N–H and O–H groups in total. The minimum absolute atomic E-state index is 0.0530. The first kappa shape index (κ1) is 18.5. The summed E-state index contributed by atoms with van der Waals surface area (Å²) in [4.78, 5) is 24.3. The fraction of sp³-hybridized carbons (Fsp3) is 0.500. The van der Waals surface area contributed by atoms with E-state index in [0.717, 1.165) is 0 Å². The van der Waals surface area contributed by atoms with Crippen molar-refractivity contribution in [2.24, 2.45) is 5.92 Å². The monoisotopic (exact) mass is 326 g/mol. The molecule has 122 valence electrons. The summed E-state index contributed by atoms with van der Waals surface area (Å²) in [6, 6.07) is 5.85. The molecule has 0 aromatic heterocycles. The van der Waals surface area contributed by atoms with Crippen LogP contribution in [-0.2, 0) is 4.79 Å². The van der Waals surface area contributed by atoms with E-state index in [1.807, 2.05) is 13.8 Å². The van der Waals surface area contributed by atoms with Gasteiger partial charge in [-0.05, 0) is 43.5 Å². The highest BCUT2D eigenvalue weighted by atomic mass is 35.5. The molecule has 0 aliphatic rings. The molecule has 1 aromatic rings. The molecule has 0 bridgehead atoms. The van der Waals surface area contributed by atoms with Gasteiger partial charge in [-0.1, -0.05) is 25.4 Å². The van der Waals surface area contributed by atoms with E-state index in [9.17, 15) is 14.7 Å². The van der Waals surface area contributed by atoms with Crippen LogP contribution in [0.25, 0.3) is 0 Å². The van der Waals surface area contributed by atoms with Crippen molar-refractivity contribution in [1.82, 2.24) is 10.6 Å². The van der Waals surface area contributed by atoms with Crippen LogP contribution < -0.4 is 10.6 Å². The van der Waals surface area contributed by atoms with Gasteiger partial charge in [0.1, 0.15) is 6.04 Å². The molecule has 2 unspecified atom stereocenters. The maximum Gasteiger partial charge on any atom is 0.251 e. The van der Waals surface area contributed by atoms with Gasteiger partial charge in [0, 0.05) is 17.1 Å². The number of benzene rings is 1. The van der Waals surface area contributed by atoms with Crippen molar-refractivity contribution in [3.05, 3.63) is 34.9 Å². The molecular formula is C16H23ClN2O3. The number of aliphatic hydroxyl groups is 1. The lowest BCUT2D eigenvalue weighted by Gasteiger charge is -2.22. The van der Waals surface area contributed by atoms with Gasteiger partial charge in [0.05, 0.1) is 6.10 Å². The van der Waals surface area contributed by atoms with Gasteiger partial charge in [0.25, 0.3) is 5.91 Å². The first-order valence-electron chi connectivity index (χ1n) is 7.33. The van der Waals surface area contributed by atoms with Gasteiger partial charge in [-0.15, -0.1) is 0 Å². The quantitative estimate of drug-likeness (QED) is 0.717. The molecule has 0 spiro atoms. The van der Waals surface area contributed by atoms with E-state index in [1.165, 1.54) is 0 Å². The summed E-state index contributed by atoms with van der Waals surface area (Å²) >= 11 is 5.79. The number of hydrogen-bond donors (Lipinski definition) is 3. The normalized spacial score (nSPS) is 13.5. The van der Waals surface area contributed by atoms with Gasteiger partial charge in [-0.3, -0.25) is 9.59 Å². The summed E-state index contributed by atoms with van der Waals surface area (Å²) in [5, 5.41) is 15.2.